The second-order valence-electron chi connectivity index (χ2n) is 7.71. The molecule has 4 rings (SSSR count). The van der Waals surface area contributed by atoms with Crippen molar-refractivity contribution in [3.05, 3.63) is 87.3 Å². The minimum Gasteiger partial charge on any atom is -0.509 e. The van der Waals surface area contributed by atoms with Gasteiger partial charge in [-0.15, -0.1) is 11.8 Å². The first-order chi connectivity index (χ1) is 17.3. The molecule has 36 heavy (non-hydrogen) atoms. The maximum Gasteiger partial charge on any atom is 0.358 e. The van der Waals surface area contributed by atoms with Crippen LogP contribution < -0.4 is 5.32 Å². The van der Waals surface area contributed by atoms with Gasteiger partial charge in [0.05, 0.1) is 10.7 Å². The number of hydrogen-bond acceptors (Lipinski definition) is 10. The molecule has 2 aromatic rings. The van der Waals surface area contributed by atoms with Gasteiger partial charge in [-0.05, 0) is 17.7 Å². The van der Waals surface area contributed by atoms with Crippen molar-refractivity contribution in [2.24, 2.45) is 0 Å². The van der Waals surface area contributed by atoms with Crippen molar-refractivity contribution in [2.75, 3.05) is 5.75 Å². The third kappa shape index (κ3) is 4.86. The zero-order valence-electron chi connectivity index (χ0n) is 18.4. The molecule has 2 aliphatic rings. The summed E-state index contributed by atoms with van der Waals surface area (Å²) in [6, 6.07) is 12.6. The Bertz CT molecular complexity index is 1230. The number of rotatable bonds is 9. The van der Waals surface area contributed by atoms with Crippen LogP contribution in [0.15, 0.2) is 66.1 Å². The average Bonchev–Trinajstić information content (AvgIpc) is 2.89. The number of benzene rings is 2. The van der Waals surface area contributed by atoms with E-state index in [2.05, 4.69) is 5.32 Å². The van der Waals surface area contributed by atoms with Crippen molar-refractivity contribution >= 4 is 41.7 Å². The number of hydrogen-bond donors (Lipinski definition) is 2. The maximum atomic E-state index is 12.9. The van der Waals surface area contributed by atoms with Gasteiger partial charge in [-0.25, -0.2) is 4.79 Å². The van der Waals surface area contributed by atoms with E-state index in [-0.39, 0.29) is 36.0 Å². The Labute approximate surface area is 208 Å². The van der Waals surface area contributed by atoms with Crippen LogP contribution in [0.1, 0.15) is 17.2 Å². The third-order valence-electron chi connectivity index (χ3n) is 5.49. The molecular weight excluding hydrogens is 494 g/mol. The number of carbonyl (C=O) groups is 4. The normalized spacial score (nSPS) is 19.4. The largest absolute Gasteiger partial charge is 0.509 e. The lowest BCUT2D eigenvalue weighted by Gasteiger charge is -2.48. The third-order valence-corrected chi connectivity index (χ3v) is 6.75. The molecule has 186 valence electrons. The van der Waals surface area contributed by atoms with Crippen LogP contribution in [0.25, 0.3) is 0 Å². The number of nitrogens with one attached hydrogen (secondary N) is 1. The highest BCUT2D eigenvalue weighted by Gasteiger charge is 2.55. The highest BCUT2D eigenvalue weighted by atomic mass is 32.2. The summed E-state index contributed by atoms with van der Waals surface area (Å²) in [5.74, 6) is -2.68. The minimum atomic E-state index is -1.27. The first kappa shape index (κ1) is 24.7. The number of ether oxygens (including phenoxy) is 2. The summed E-state index contributed by atoms with van der Waals surface area (Å²) < 4.78 is 10.1. The number of β-lactam (4-membered cyclic amide) rings is 1. The van der Waals surface area contributed by atoms with Crippen LogP contribution in [-0.2, 0) is 35.3 Å². The van der Waals surface area contributed by atoms with Crippen LogP contribution >= 0.6 is 11.8 Å². The average molecular weight is 513 g/mol. The first-order valence-corrected chi connectivity index (χ1v) is 11.6. The van der Waals surface area contributed by atoms with Crippen LogP contribution in [0, 0.1) is 10.1 Å². The van der Waals surface area contributed by atoms with Gasteiger partial charge in [0.1, 0.15) is 23.8 Å². The fourth-order valence-electron chi connectivity index (χ4n) is 3.73. The number of nitrogens with zero attached hydrogens (tertiary/aromatic N) is 2. The van der Waals surface area contributed by atoms with E-state index in [4.69, 9.17) is 9.47 Å². The van der Waals surface area contributed by atoms with E-state index in [1.54, 1.807) is 30.3 Å². The van der Waals surface area contributed by atoms with Gasteiger partial charge >= 0.3 is 5.97 Å². The molecule has 2 aliphatic heterocycles. The van der Waals surface area contributed by atoms with Gasteiger partial charge in [-0.3, -0.25) is 29.4 Å². The molecular formula is C23H19N3O9S. The molecule has 13 heteroatoms. The Hall–Kier alpha value is -4.39. The van der Waals surface area contributed by atoms with Crippen molar-refractivity contribution in [1.82, 2.24) is 10.2 Å². The molecule has 2 aromatic carbocycles. The fraction of sp³-hybridized carbons (Fsp3) is 0.217. The lowest BCUT2D eigenvalue weighted by atomic mass is 10.0. The Morgan fingerprint density at radius 1 is 1.22 bits per heavy atom. The molecule has 0 bridgehead atoms. The van der Waals surface area contributed by atoms with Gasteiger partial charge in [0.2, 0.25) is 6.10 Å². The van der Waals surface area contributed by atoms with E-state index in [9.17, 15) is 34.4 Å². The first-order valence-electron chi connectivity index (χ1n) is 10.5. The maximum absolute atomic E-state index is 12.9. The molecule has 0 saturated carbocycles. The number of fused-ring (bicyclic) bond motifs is 1. The highest BCUT2D eigenvalue weighted by molar-refractivity contribution is 8.00. The summed E-state index contributed by atoms with van der Waals surface area (Å²) in [6.07, 6.45) is -1.27. The van der Waals surface area contributed by atoms with Crippen LogP contribution in [0.3, 0.4) is 0 Å². The lowest BCUT2D eigenvalue weighted by Crippen LogP contribution is -2.71. The van der Waals surface area contributed by atoms with Gasteiger partial charge < -0.3 is 19.9 Å². The number of esters is 1. The number of non-ortho nitro benzene ring substituents is 1. The molecule has 0 aromatic heterocycles. The smallest absolute Gasteiger partial charge is 0.358 e. The summed E-state index contributed by atoms with van der Waals surface area (Å²) in [7, 11) is 0. The van der Waals surface area contributed by atoms with E-state index in [0.717, 1.165) is 16.7 Å². The molecule has 0 spiro atoms. The van der Waals surface area contributed by atoms with Crippen LogP contribution in [0.4, 0.5) is 5.69 Å². The van der Waals surface area contributed by atoms with Gasteiger partial charge in [0.15, 0.2) is 5.70 Å². The number of thioether (sulfide) groups is 1. The summed E-state index contributed by atoms with van der Waals surface area (Å²) in [5.41, 5.74) is 0.429. The molecule has 2 heterocycles. The number of nitro benzene ring substituents is 1. The monoisotopic (exact) mass is 513 g/mol. The zero-order valence-corrected chi connectivity index (χ0v) is 19.3. The molecule has 1 saturated heterocycles. The highest BCUT2D eigenvalue weighted by Crippen LogP contribution is 2.40. The molecule has 2 N–H and O–H groups in total. The van der Waals surface area contributed by atoms with E-state index in [0.29, 0.717) is 11.1 Å². The van der Waals surface area contributed by atoms with Crippen LogP contribution in [0.2, 0.25) is 0 Å². The predicted octanol–water partition coefficient (Wildman–Crippen LogP) is 1.72. The molecule has 3 atom stereocenters. The van der Waals surface area contributed by atoms with E-state index in [1.807, 2.05) is 0 Å². The number of amides is 2. The fourth-order valence-corrected chi connectivity index (χ4v) is 4.93. The summed E-state index contributed by atoms with van der Waals surface area (Å²) >= 11 is 1.14. The lowest BCUT2D eigenvalue weighted by molar-refractivity contribution is -0.384. The summed E-state index contributed by atoms with van der Waals surface area (Å²) in [5, 5.41) is 22.9. The van der Waals surface area contributed by atoms with Gasteiger partial charge in [0.25, 0.3) is 24.0 Å². The van der Waals surface area contributed by atoms with Crippen LogP contribution in [-0.4, -0.2) is 56.4 Å². The molecule has 0 aliphatic carbocycles. The Kier molecular flexibility index (Phi) is 7.20. The molecule has 1 fully saturated rings. The second-order valence-corrected chi connectivity index (χ2v) is 8.82. The number of aliphatic hydroxyl groups is 1. The van der Waals surface area contributed by atoms with Gasteiger partial charge in [0, 0.05) is 17.7 Å². The topological polar surface area (TPSA) is 165 Å². The van der Waals surface area contributed by atoms with Crippen LogP contribution in [0.5, 0.6) is 0 Å². The number of carbonyl (C=O) groups excluding carboxylic acids is 4. The van der Waals surface area contributed by atoms with E-state index < -0.39 is 40.2 Å². The Balaban J connectivity index is 1.42. The number of aliphatic hydroxyl groups excluding tert-OH is 1. The van der Waals surface area contributed by atoms with Gasteiger partial charge in [-0.1, -0.05) is 30.3 Å². The molecule has 2 unspecified atom stereocenters. The van der Waals surface area contributed by atoms with E-state index >= 15 is 0 Å². The van der Waals surface area contributed by atoms with Crippen molar-refractivity contribution in [1.29, 1.82) is 0 Å². The Morgan fingerprint density at radius 2 is 1.92 bits per heavy atom. The standard InChI is InChI=1S/C23H19N3O9S/c27-12-35-19(14-4-2-1-3-5-14)20(29)24-17-21(30)25-18(16(28)11-36-22(17)25)23(31)34-10-13-6-8-15(9-7-13)26(32)33/h1-9,12,17,19,22,28H,10-11H2,(H,24,29)/t17?,19?,22-/m0/s1. The molecule has 2 amide bonds. The number of nitro groups is 1. The van der Waals surface area contributed by atoms with Crippen molar-refractivity contribution in [3.8, 4) is 0 Å². The molecule has 0 radical (unpaired) electrons. The quantitative estimate of drug-likeness (QED) is 0.166. The minimum absolute atomic E-state index is 0.00423. The summed E-state index contributed by atoms with van der Waals surface area (Å²) in [4.78, 5) is 60.5. The zero-order chi connectivity index (χ0) is 25.8. The van der Waals surface area contributed by atoms with Crippen molar-refractivity contribution < 1.29 is 38.7 Å². The SMILES string of the molecule is O=COC(C(=O)NC1C(=O)N2C(C(=O)OCc3ccc([N+](=O)[O-])cc3)=C(O)CS[C@@H]12)c1ccccc1. The Morgan fingerprint density at radius 3 is 2.56 bits per heavy atom. The molecule has 12 nitrogen and oxygen atoms in total. The van der Waals surface area contributed by atoms with E-state index in [1.165, 1.54) is 24.3 Å². The predicted molar refractivity (Wildman–Crippen MR) is 124 cm³/mol. The van der Waals surface area contributed by atoms with Crippen molar-refractivity contribution in [2.45, 2.75) is 24.1 Å². The second kappa shape index (κ2) is 10.5. The van der Waals surface area contributed by atoms with Crippen molar-refractivity contribution in [3.63, 3.8) is 0 Å². The van der Waals surface area contributed by atoms with Gasteiger partial charge in [-0.2, -0.15) is 0 Å². The summed E-state index contributed by atoms with van der Waals surface area (Å²) in [6.45, 7) is -0.100.